The molecule has 0 fully saturated rings. The van der Waals surface area contributed by atoms with Crippen LogP contribution in [0, 0.1) is 6.92 Å². The van der Waals surface area contributed by atoms with Gasteiger partial charge in [0.1, 0.15) is 0 Å². The maximum atomic E-state index is 12.9. The summed E-state index contributed by atoms with van der Waals surface area (Å²) in [4.78, 5) is 18.1. The van der Waals surface area contributed by atoms with Gasteiger partial charge in [-0.15, -0.1) is 11.3 Å². The van der Waals surface area contributed by atoms with E-state index in [1.165, 1.54) is 11.3 Å². The van der Waals surface area contributed by atoms with Crippen LogP contribution in [0.1, 0.15) is 21.7 Å². The number of nitrogens with one attached hydrogen (secondary N) is 1. The molecule has 1 heterocycles. The number of carbonyl (C=O) groups is 1. The summed E-state index contributed by atoms with van der Waals surface area (Å²) >= 11 is 1.49. The molecule has 0 saturated carbocycles. The fraction of sp³-hybridized carbons (Fsp3) is 0.158. The summed E-state index contributed by atoms with van der Waals surface area (Å²) in [6, 6.07) is 18.0. The van der Waals surface area contributed by atoms with Gasteiger partial charge in [-0.1, -0.05) is 60.7 Å². The molecule has 3 rings (SSSR count). The number of aromatic nitrogens is 1. The lowest BCUT2D eigenvalue weighted by atomic mass is 9.85. The summed E-state index contributed by atoms with van der Waals surface area (Å²) in [5.74, 6) is -0.451. The highest BCUT2D eigenvalue weighted by Crippen LogP contribution is 2.30. The molecular weight excluding hydrogens is 320 g/mol. The number of nitrogens with zero attached hydrogens (tertiary/aromatic N) is 1. The zero-order chi connectivity index (χ0) is 17.0. The van der Waals surface area contributed by atoms with Gasteiger partial charge in [0.05, 0.1) is 17.7 Å². The van der Waals surface area contributed by atoms with Gasteiger partial charge >= 0.3 is 0 Å². The van der Waals surface area contributed by atoms with Crippen molar-refractivity contribution in [1.82, 2.24) is 10.3 Å². The lowest BCUT2D eigenvalue weighted by Gasteiger charge is -2.28. The molecular formula is C19H18N2O2S. The van der Waals surface area contributed by atoms with Gasteiger partial charge < -0.3 is 10.4 Å². The van der Waals surface area contributed by atoms with Crippen LogP contribution in [-0.4, -0.2) is 16.0 Å². The van der Waals surface area contributed by atoms with Gasteiger partial charge in [0.15, 0.2) is 5.60 Å². The summed E-state index contributed by atoms with van der Waals surface area (Å²) in [6.07, 6.45) is 0. The van der Waals surface area contributed by atoms with E-state index < -0.39 is 11.5 Å². The number of rotatable bonds is 5. The molecule has 0 radical (unpaired) electrons. The van der Waals surface area contributed by atoms with Crippen LogP contribution in [0.25, 0.3) is 0 Å². The van der Waals surface area contributed by atoms with Crippen LogP contribution in [0.2, 0.25) is 0 Å². The maximum absolute atomic E-state index is 12.9. The fourth-order valence-corrected chi connectivity index (χ4v) is 3.29. The number of aliphatic hydroxyl groups is 1. The van der Waals surface area contributed by atoms with Crippen LogP contribution in [0.3, 0.4) is 0 Å². The van der Waals surface area contributed by atoms with Crippen molar-refractivity contribution >= 4 is 17.2 Å². The first kappa shape index (κ1) is 16.4. The topological polar surface area (TPSA) is 62.2 Å². The molecule has 0 bridgehead atoms. The Morgan fingerprint density at radius 1 is 1.08 bits per heavy atom. The Labute approximate surface area is 144 Å². The second-order valence-electron chi connectivity index (χ2n) is 5.49. The van der Waals surface area contributed by atoms with E-state index >= 15 is 0 Å². The molecule has 0 aliphatic rings. The average molecular weight is 338 g/mol. The minimum absolute atomic E-state index is 0.345. The van der Waals surface area contributed by atoms with E-state index in [0.717, 1.165) is 10.6 Å². The highest BCUT2D eigenvalue weighted by Gasteiger charge is 2.39. The van der Waals surface area contributed by atoms with E-state index in [2.05, 4.69) is 10.3 Å². The molecule has 2 N–H and O–H groups in total. The molecule has 1 aromatic heterocycles. The SMILES string of the molecule is Cc1ncsc1CNC(=O)C(O)(c1ccccc1)c1ccccc1. The first-order chi connectivity index (χ1) is 11.6. The zero-order valence-electron chi connectivity index (χ0n) is 13.3. The normalized spacial score (nSPS) is 11.2. The lowest BCUT2D eigenvalue weighted by Crippen LogP contribution is -2.45. The smallest absolute Gasteiger partial charge is 0.261 e. The first-order valence-electron chi connectivity index (χ1n) is 7.63. The van der Waals surface area contributed by atoms with E-state index in [1.54, 1.807) is 29.8 Å². The second kappa shape index (κ2) is 6.95. The van der Waals surface area contributed by atoms with Gasteiger partial charge in [-0.05, 0) is 18.1 Å². The Morgan fingerprint density at radius 3 is 2.08 bits per heavy atom. The summed E-state index contributed by atoms with van der Waals surface area (Å²) in [6.45, 7) is 2.25. The summed E-state index contributed by atoms with van der Waals surface area (Å²) in [5, 5.41) is 14.1. The molecule has 4 nitrogen and oxygen atoms in total. The van der Waals surface area contributed by atoms with Crippen molar-refractivity contribution in [2.45, 2.75) is 19.1 Å². The van der Waals surface area contributed by atoms with E-state index in [0.29, 0.717) is 17.7 Å². The first-order valence-corrected chi connectivity index (χ1v) is 8.51. The largest absolute Gasteiger partial charge is 0.372 e. The monoisotopic (exact) mass is 338 g/mol. The van der Waals surface area contributed by atoms with E-state index in [9.17, 15) is 9.90 Å². The second-order valence-corrected chi connectivity index (χ2v) is 6.43. The van der Waals surface area contributed by atoms with Crippen molar-refractivity contribution in [3.05, 3.63) is 87.9 Å². The van der Waals surface area contributed by atoms with Crippen LogP contribution in [-0.2, 0) is 16.9 Å². The molecule has 0 aliphatic carbocycles. The molecule has 3 aromatic rings. The summed E-state index contributed by atoms with van der Waals surface area (Å²) in [5.41, 5.74) is 1.98. The number of thiazole rings is 1. The zero-order valence-corrected chi connectivity index (χ0v) is 14.1. The maximum Gasteiger partial charge on any atom is 0.261 e. The summed E-state index contributed by atoms with van der Waals surface area (Å²) in [7, 11) is 0. The quantitative estimate of drug-likeness (QED) is 0.752. The highest BCUT2D eigenvalue weighted by atomic mass is 32.1. The minimum Gasteiger partial charge on any atom is -0.372 e. The van der Waals surface area contributed by atoms with Crippen LogP contribution >= 0.6 is 11.3 Å². The van der Waals surface area contributed by atoms with Crippen molar-refractivity contribution in [2.24, 2.45) is 0 Å². The molecule has 24 heavy (non-hydrogen) atoms. The van der Waals surface area contributed by atoms with Crippen molar-refractivity contribution in [2.75, 3.05) is 0 Å². The molecule has 0 spiro atoms. The van der Waals surface area contributed by atoms with Crippen molar-refractivity contribution in [1.29, 1.82) is 0 Å². The van der Waals surface area contributed by atoms with Crippen LogP contribution in [0.4, 0.5) is 0 Å². The third kappa shape index (κ3) is 3.09. The van der Waals surface area contributed by atoms with Crippen LogP contribution in [0.5, 0.6) is 0 Å². The predicted molar refractivity (Wildman–Crippen MR) is 94.6 cm³/mol. The minimum atomic E-state index is -1.74. The average Bonchev–Trinajstić information content (AvgIpc) is 3.05. The number of hydrogen-bond donors (Lipinski definition) is 2. The Balaban J connectivity index is 1.93. The molecule has 0 aliphatic heterocycles. The Bertz CT molecular complexity index is 776. The summed E-state index contributed by atoms with van der Waals surface area (Å²) < 4.78 is 0. The predicted octanol–water partition coefficient (Wildman–Crippen LogP) is 3.00. The Hall–Kier alpha value is -2.50. The van der Waals surface area contributed by atoms with Crippen LogP contribution in [0.15, 0.2) is 66.2 Å². The van der Waals surface area contributed by atoms with Crippen LogP contribution < -0.4 is 5.32 Å². The fourth-order valence-electron chi connectivity index (χ4n) is 2.57. The van der Waals surface area contributed by atoms with Gasteiger partial charge in [-0.2, -0.15) is 0 Å². The van der Waals surface area contributed by atoms with Crippen molar-refractivity contribution < 1.29 is 9.90 Å². The van der Waals surface area contributed by atoms with E-state index in [-0.39, 0.29) is 0 Å². The molecule has 0 unspecified atom stereocenters. The third-order valence-electron chi connectivity index (χ3n) is 3.97. The van der Waals surface area contributed by atoms with Gasteiger partial charge in [-0.3, -0.25) is 4.79 Å². The van der Waals surface area contributed by atoms with Gasteiger partial charge in [0.25, 0.3) is 5.91 Å². The number of hydrogen-bond acceptors (Lipinski definition) is 4. The Kier molecular flexibility index (Phi) is 4.74. The third-order valence-corrected chi connectivity index (χ3v) is 4.90. The van der Waals surface area contributed by atoms with Gasteiger partial charge in [-0.25, -0.2) is 4.98 Å². The van der Waals surface area contributed by atoms with Gasteiger partial charge in [0.2, 0.25) is 0 Å². The van der Waals surface area contributed by atoms with Crippen molar-refractivity contribution in [3.8, 4) is 0 Å². The number of aryl methyl sites for hydroxylation is 1. The number of benzene rings is 2. The lowest BCUT2D eigenvalue weighted by molar-refractivity contribution is -0.136. The Morgan fingerprint density at radius 2 is 1.62 bits per heavy atom. The molecule has 122 valence electrons. The van der Waals surface area contributed by atoms with Gasteiger partial charge in [0, 0.05) is 4.88 Å². The molecule has 5 heteroatoms. The standard InChI is InChI=1S/C19H18N2O2S/c1-14-17(24-13-21-14)12-20-18(22)19(23,15-8-4-2-5-9-15)16-10-6-3-7-11-16/h2-11,13,23H,12H2,1H3,(H,20,22). The van der Waals surface area contributed by atoms with Crippen molar-refractivity contribution in [3.63, 3.8) is 0 Å². The van der Waals surface area contributed by atoms with E-state index in [1.807, 2.05) is 43.3 Å². The number of amides is 1. The molecule has 0 atom stereocenters. The highest BCUT2D eigenvalue weighted by molar-refractivity contribution is 7.09. The molecule has 2 aromatic carbocycles. The number of carbonyl (C=O) groups excluding carboxylic acids is 1. The molecule has 0 saturated heterocycles. The van der Waals surface area contributed by atoms with E-state index in [4.69, 9.17) is 0 Å². The molecule has 1 amide bonds.